The fraction of sp³-hybridized carbons (Fsp3) is 0.200. The molecule has 182 valence electrons. The van der Waals surface area contributed by atoms with Crippen LogP contribution in [0.4, 0.5) is 24.5 Å². The Morgan fingerprint density at radius 1 is 1.09 bits per heavy atom. The number of carbonyl (C=O) groups excluding carboxylic acids is 2. The minimum atomic E-state index is -4.80. The smallest absolute Gasteiger partial charge is 0.416 e. The van der Waals surface area contributed by atoms with Gasteiger partial charge in [0.15, 0.2) is 5.96 Å². The molecule has 14 heteroatoms. The van der Waals surface area contributed by atoms with Crippen LogP contribution >= 0.6 is 0 Å². The van der Waals surface area contributed by atoms with E-state index in [4.69, 9.17) is 22.3 Å². The zero-order valence-electron chi connectivity index (χ0n) is 17.4. The van der Waals surface area contributed by atoms with Crippen LogP contribution in [-0.2, 0) is 15.8 Å². The summed E-state index contributed by atoms with van der Waals surface area (Å²) in [5.74, 6) is -4.07. The number of guanidine groups is 1. The minimum Gasteiger partial charge on any atom is -0.508 e. The minimum absolute atomic E-state index is 0.0295. The van der Waals surface area contributed by atoms with Crippen LogP contribution in [0.15, 0.2) is 41.4 Å². The van der Waals surface area contributed by atoms with Crippen molar-refractivity contribution in [3.63, 3.8) is 0 Å². The number of phenols is 1. The SMILES string of the molecule is NC(N)=Nc1cc(C(=O)NCC(=O)NC(CC(=O)O)c2cc(N)ccc2O)cc(C(F)(F)F)c1. The zero-order valence-corrected chi connectivity index (χ0v) is 17.4. The van der Waals surface area contributed by atoms with E-state index in [9.17, 15) is 32.7 Å². The number of hydrogen-bond donors (Lipinski definition) is 7. The highest BCUT2D eigenvalue weighted by Gasteiger charge is 2.32. The van der Waals surface area contributed by atoms with Gasteiger partial charge in [0.05, 0.1) is 30.3 Å². The number of amides is 2. The van der Waals surface area contributed by atoms with Gasteiger partial charge < -0.3 is 38.0 Å². The highest BCUT2D eigenvalue weighted by Crippen LogP contribution is 2.33. The molecule has 0 saturated heterocycles. The summed E-state index contributed by atoms with van der Waals surface area (Å²) in [6, 6.07) is 4.83. The van der Waals surface area contributed by atoms with Gasteiger partial charge in [-0.15, -0.1) is 0 Å². The van der Waals surface area contributed by atoms with Crippen LogP contribution in [0.25, 0.3) is 0 Å². The van der Waals surface area contributed by atoms with E-state index in [-0.39, 0.29) is 22.7 Å². The first-order chi connectivity index (χ1) is 15.8. The Hall–Kier alpha value is -4.49. The van der Waals surface area contributed by atoms with E-state index in [1.54, 1.807) is 0 Å². The molecule has 0 radical (unpaired) electrons. The number of phenolic OH excluding ortho intramolecular Hbond substituents is 1. The average Bonchev–Trinajstić information content (AvgIpc) is 2.71. The Bertz CT molecular complexity index is 1130. The molecule has 0 aliphatic rings. The highest BCUT2D eigenvalue weighted by molar-refractivity contribution is 5.97. The fourth-order valence-corrected chi connectivity index (χ4v) is 2.89. The molecular formula is C20H21F3N6O5. The van der Waals surface area contributed by atoms with E-state index in [0.29, 0.717) is 12.1 Å². The van der Waals surface area contributed by atoms with Crippen LogP contribution in [0, 0.1) is 0 Å². The van der Waals surface area contributed by atoms with Crippen LogP contribution in [0.2, 0.25) is 0 Å². The second-order valence-electron chi connectivity index (χ2n) is 7.02. The Labute approximate surface area is 190 Å². The van der Waals surface area contributed by atoms with Crippen molar-refractivity contribution in [2.24, 2.45) is 16.5 Å². The Balaban J connectivity index is 2.18. The maximum Gasteiger partial charge on any atom is 0.416 e. The molecule has 10 N–H and O–H groups in total. The highest BCUT2D eigenvalue weighted by atomic mass is 19.4. The lowest BCUT2D eigenvalue weighted by molar-refractivity contribution is -0.138. The quantitative estimate of drug-likeness (QED) is 0.124. The van der Waals surface area contributed by atoms with Gasteiger partial charge >= 0.3 is 12.1 Å². The number of alkyl halides is 3. The predicted molar refractivity (Wildman–Crippen MR) is 115 cm³/mol. The number of nitrogens with zero attached hydrogens (tertiary/aromatic N) is 1. The van der Waals surface area contributed by atoms with Crippen molar-refractivity contribution in [1.82, 2.24) is 10.6 Å². The van der Waals surface area contributed by atoms with Crippen LogP contribution in [0.3, 0.4) is 0 Å². The molecule has 2 aromatic carbocycles. The predicted octanol–water partition coefficient (Wildman–Crippen LogP) is 0.960. The van der Waals surface area contributed by atoms with Crippen molar-refractivity contribution in [2.75, 3.05) is 12.3 Å². The summed E-state index contributed by atoms with van der Waals surface area (Å²) in [7, 11) is 0. The van der Waals surface area contributed by atoms with E-state index in [0.717, 1.165) is 6.07 Å². The summed E-state index contributed by atoms with van der Waals surface area (Å²) >= 11 is 0. The number of anilines is 1. The fourth-order valence-electron chi connectivity index (χ4n) is 2.89. The van der Waals surface area contributed by atoms with Crippen molar-refractivity contribution in [2.45, 2.75) is 18.6 Å². The van der Waals surface area contributed by atoms with Crippen molar-refractivity contribution in [3.8, 4) is 5.75 Å². The summed E-state index contributed by atoms with van der Waals surface area (Å²) in [6.45, 7) is -0.716. The molecule has 34 heavy (non-hydrogen) atoms. The molecule has 0 aromatic heterocycles. The molecule has 0 heterocycles. The number of nitrogen functional groups attached to an aromatic ring is 1. The third-order valence-electron chi connectivity index (χ3n) is 4.32. The molecule has 1 unspecified atom stereocenters. The zero-order chi connectivity index (χ0) is 25.6. The van der Waals surface area contributed by atoms with Gasteiger partial charge in [0, 0.05) is 16.8 Å². The van der Waals surface area contributed by atoms with E-state index in [1.165, 1.54) is 18.2 Å². The van der Waals surface area contributed by atoms with Crippen LogP contribution < -0.4 is 27.8 Å². The monoisotopic (exact) mass is 482 g/mol. The molecular weight excluding hydrogens is 461 g/mol. The van der Waals surface area contributed by atoms with Gasteiger partial charge in [-0.25, -0.2) is 4.99 Å². The molecule has 2 amide bonds. The number of aliphatic carboxylic acids is 1. The summed E-state index contributed by atoms with van der Waals surface area (Å²) in [6.07, 6.45) is -5.42. The average molecular weight is 482 g/mol. The number of carboxylic acids is 1. The van der Waals surface area contributed by atoms with Crippen molar-refractivity contribution in [3.05, 3.63) is 53.1 Å². The van der Waals surface area contributed by atoms with Gasteiger partial charge in [-0.05, 0) is 36.4 Å². The maximum absolute atomic E-state index is 13.1. The molecule has 1 atom stereocenters. The number of hydrogen-bond acceptors (Lipinski definition) is 6. The number of nitrogens with two attached hydrogens (primary N) is 3. The van der Waals surface area contributed by atoms with Gasteiger partial charge in [0.2, 0.25) is 5.91 Å². The lowest BCUT2D eigenvalue weighted by atomic mass is 10.0. The number of carboxylic acid groups (broad SMARTS) is 1. The number of rotatable bonds is 8. The van der Waals surface area contributed by atoms with Crippen LogP contribution in [0.5, 0.6) is 5.75 Å². The van der Waals surface area contributed by atoms with E-state index in [1.807, 2.05) is 0 Å². The lowest BCUT2D eigenvalue weighted by Gasteiger charge is -2.19. The van der Waals surface area contributed by atoms with Crippen LogP contribution in [0.1, 0.15) is 33.9 Å². The molecule has 0 aliphatic carbocycles. The number of nitrogens with one attached hydrogen (secondary N) is 2. The first kappa shape index (κ1) is 25.8. The van der Waals surface area contributed by atoms with Crippen LogP contribution in [-0.4, -0.2) is 40.5 Å². The normalized spacial score (nSPS) is 11.9. The van der Waals surface area contributed by atoms with Gasteiger partial charge in [-0.1, -0.05) is 0 Å². The summed E-state index contributed by atoms with van der Waals surface area (Å²) in [5, 5.41) is 23.6. The second kappa shape index (κ2) is 10.4. The van der Waals surface area contributed by atoms with Gasteiger partial charge in [-0.2, -0.15) is 13.2 Å². The third kappa shape index (κ3) is 7.29. The lowest BCUT2D eigenvalue weighted by Crippen LogP contribution is -2.39. The molecule has 0 bridgehead atoms. The molecule has 2 aromatic rings. The standard InChI is InChI=1S/C20H21F3N6O5/c21-20(22,23)10-3-9(4-12(5-10)28-19(25)26)18(34)27-8-16(31)29-14(7-17(32)33)13-6-11(24)1-2-15(13)30/h1-6,14,30H,7-8,24H2,(H,27,34)(H,29,31)(H,32,33)(H4,25,26,28). The molecule has 2 rings (SSSR count). The molecule has 0 fully saturated rings. The molecule has 11 nitrogen and oxygen atoms in total. The third-order valence-corrected chi connectivity index (χ3v) is 4.32. The first-order valence-electron chi connectivity index (χ1n) is 9.46. The number of aromatic hydroxyl groups is 1. The Kier molecular flexibility index (Phi) is 7.90. The van der Waals surface area contributed by atoms with Crippen molar-refractivity contribution >= 4 is 35.1 Å². The summed E-state index contributed by atoms with van der Waals surface area (Å²) < 4.78 is 39.4. The van der Waals surface area contributed by atoms with Gasteiger partial charge in [0.1, 0.15) is 5.75 Å². The Morgan fingerprint density at radius 3 is 2.35 bits per heavy atom. The first-order valence-corrected chi connectivity index (χ1v) is 9.46. The van der Waals surface area contributed by atoms with Gasteiger partial charge in [0.25, 0.3) is 5.91 Å². The molecule has 0 saturated carbocycles. The Morgan fingerprint density at radius 2 is 1.76 bits per heavy atom. The molecule has 0 spiro atoms. The van der Waals surface area contributed by atoms with E-state index < -0.39 is 60.1 Å². The van der Waals surface area contributed by atoms with E-state index >= 15 is 0 Å². The van der Waals surface area contributed by atoms with E-state index in [2.05, 4.69) is 15.6 Å². The largest absolute Gasteiger partial charge is 0.508 e. The number of carbonyl (C=O) groups is 3. The second-order valence-corrected chi connectivity index (χ2v) is 7.02. The number of halogens is 3. The topological polar surface area (TPSA) is 206 Å². The number of aliphatic imine (C=N–C) groups is 1. The molecule has 0 aliphatic heterocycles. The van der Waals surface area contributed by atoms with Crippen molar-refractivity contribution in [1.29, 1.82) is 0 Å². The summed E-state index contributed by atoms with van der Waals surface area (Å²) in [5.41, 5.74) is 14.2. The maximum atomic E-state index is 13.1. The summed E-state index contributed by atoms with van der Waals surface area (Å²) in [4.78, 5) is 39.4. The van der Waals surface area contributed by atoms with Gasteiger partial charge in [-0.3, -0.25) is 14.4 Å². The van der Waals surface area contributed by atoms with Crippen molar-refractivity contribution < 1.29 is 37.8 Å². The number of benzene rings is 2.